The second-order valence-corrected chi connectivity index (χ2v) is 13.0. The minimum absolute atomic E-state index is 0.0475. The molecule has 0 fully saturated rings. The van der Waals surface area contributed by atoms with Gasteiger partial charge in [0, 0.05) is 41.5 Å². The molecule has 0 saturated carbocycles. The average Bonchev–Trinajstić information content (AvgIpc) is 3.66. The van der Waals surface area contributed by atoms with Crippen LogP contribution in [0.4, 0.5) is 5.69 Å². The first-order chi connectivity index (χ1) is 20.2. The number of sulfone groups is 1. The lowest BCUT2D eigenvalue weighted by Crippen LogP contribution is -2.11. The fourth-order valence-corrected chi connectivity index (χ4v) is 6.36. The average molecular weight is 592 g/mol. The highest BCUT2D eigenvalue weighted by molar-refractivity contribution is 7.90. The topological polar surface area (TPSA) is 129 Å². The van der Waals surface area contributed by atoms with Crippen LogP contribution >= 0.6 is 0 Å². The molecular formula is C31H33N3O7S. The maximum Gasteiger partial charge on any atom is 0.304 e. The standard InChI is InChI=1S/C31H33N3O7S/c1-3-28-33-30-24(8-5-10-26(30)39-13-6-14-42(2,37)38)34(28)25-9-4-7-22-23(18-41-31(22)25)32-20-11-12-21-19(15-29(35)36)17-40-27(21)16-20/h4-5,7-12,16,19,23,32H,3,6,13-15,17-18H2,1-2H3,(H,35,36)/t19-,23-/m1/s1. The van der Waals surface area contributed by atoms with Gasteiger partial charge in [0.25, 0.3) is 0 Å². The van der Waals surface area contributed by atoms with Crippen molar-refractivity contribution < 1.29 is 32.5 Å². The lowest BCUT2D eigenvalue weighted by Gasteiger charge is -2.15. The largest absolute Gasteiger partial charge is 0.493 e. The Morgan fingerprint density at radius 2 is 1.95 bits per heavy atom. The number of ether oxygens (including phenoxy) is 3. The van der Waals surface area contributed by atoms with Crippen molar-refractivity contribution in [1.82, 2.24) is 9.55 Å². The van der Waals surface area contributed by atoms with Crippen molar-refractivity contribution in [3.05, 3.63) is 71.5 Å². The van der Waals surface area contributed by atoms with Crippen LogP contribution in [-0.2, 0) is 21.1 Å². The van der Waals surface area contributed by atoms with Crippen molar-refractivity contribution in [2.75, 3.05) is 37.1 Å². The number of anilines is 1. The normalized spacial score (nSPS) is 17.4. The van der Waals surface area contributed by atoms with E-state index in [-0.39, 0.29) is 30.7 Å². The second-order valence-electron chi connectivity index (χ2n) is 10.7. The van der Waals surface area contributed by atoms with Crippen molar-refractivity contribution in [3.63, 3.8) is 0 Å². The molecule has 2 N–H and O–H groups in total. The van der Waals surface area contributed by atoms with Crippen LogP contribution in [0, 0.1) is 0 Å². The molecule has 4 aromatic rings. The third-order valence-electron chi connectivity index (χ3n) is 7.64. The molecule has 42 heavy (non-hydrogen) atoms. The minimum Gasteiger partial charge on any atom is -0.493 e. The molecule has 1 aromatic heterocycles. The zero-order valence-corrected chi connectivity index (χ0v) is 24.3. The molecule has 6 rings (SSSR count). The molecule has 2 aliphatic rings. The van der Waals surface area contributed by atoms with E-state index in [0.29, 0.717) is 37.6 Å². The van der Waals surface area contributed by atoms with Gasteiger partial charge in [-0.1, -0.05) is 31.2 Å². The first-order valence-corrected chi connectivity index (χ1v) is 16.1. The zero-order valence-electron chi connectivity index (χ0n) is 23.5. The number of aryl methyl sites for hydroxylation is 1. The third-order valence-corrected chi connectivity index (χ3v) is 8.67. The van der Waals surface area contributed by atoms with Crippen LogP contribution in [0.25, 0.3) is 16.7 Å². The van der Waals surface area contributed by atoms with E-state index in [0.717, 1.165) is 45.1 Å². The molecule has 2 atom stereocenters. The van der Waals surface area contributed by atoms with E-state index in [1.165, 1.54) is 6.26 Å². The molecule has 0 saturated heterocycles. The number of nitrogens with zero attached hydrogens (tertiary/aromatic N) is 2. The summed E-state index contributed by atoms with van der Waals surface area (Å²) in [5, 5.41) is 12.7. The smallest absolute Gasteiger partial charge is 0.304 e. The quantitative estimate of drug-likeness (QED) is 0.234. The highest BCUT2D eigenvalue weighted by Crippen LogP contribution is 2.43. The maximum absolute atomic E-state index is 11.5. The van der Waals surface area contributed by atoms with Gasteiger partial charge >= 0.3 is 5.97 Å². The van der Waals surface area contributed by atoms with Gasteiger partial charge in [0.1, 0.15) is 45.0 Å². The number of hydrogen-bond donors (Lipinski definition) is 2. The van der Waals surface area contributed by atoms with E-state index in [1.807, 2.05) is 48.5 Å². The summed E-state index contributed by atoms with van der Waals surface area (Å²) in [6.45, 7) is 3.14. The summed E-state index contributed by atoms with van der Waals surface area (Å²) in [7, 11) is -3.05. The summed E-state index contributed by atoms with van der Waals surface area (Å²) < 4.78 is 43.1. The number of aliphatic carboxylic acids is 1. The molecule has 3 aromatic carbocycles. The van der Waals surface area contributed by atoms with Gasteiger partial charge in [0.05, 0.1) is 42.6 Å². The summed E-state index contributed by atoms with van der Waals surface area (Å²) in [5.74, 6) is 2.07. The van der Waals surface area contributed by atoms with E-state index >= 15 is 0 Å². The summed E-state index contributed by atoms with van der Waals surface area (Å²) in [4.78, 5) is 16.1. The SMILES string of the molecule is CCc1nc2c(OCCCS(C)(=O)=O)cccc2n1-c1cccc2c1OC[C@H]2Nc1ccc2c(c1)OC[C@H]2CC(=O)O. The number of carboxylic acid groups (broad SMARTS) is 1. The van der Waals surface area contributed by atoms with E-state index in [4.69, 9.17) is 19.2 Å². The van der Waals surface area contributed by atoms with E-state index in [9.17, 15) is 18.3 Å². The number of aromatic nitrogens is 2. The molecule has 3 heterocycles. The van der Waals surface area contributed by atoms with Crippen LogP contribution in [0.2, 0.25) is 0 Å². The molecule has 0 unspecified atom stereocenters. The fourth-order valence-electron chi connectivity index (χ4n) is 5.72. The van der Waals surface area contributed by atoms with Gasteiger partial charge < -0.3 is 24.6 Å². The fraction of sp³-hybridized carbons (Fsp3) is 0.355. The Kier molecular flexibility index (Phi) is 7.44. The van der Waals surface area contributed by atoms with Crippen LogP contribution in [0.3, 0.4) is 0 Å². The Bertz CT molecular complexity index is 1770. The minimum atomic E-state index is -3.05. The van der Waals surface area contributed by atoms with Crippen molar-refractivity contribution >= 4 is 32.5 Å². The predicted octanol–water partition coefficient (Wildman–Crippen LogP) is 4.90. The van der Waals surface area contributed by atoms with Crippen molar-refractivity contribution in [3.8, 4) is 22.9 Å². The van der Waals surface area contributed by atoms with Crippen LogP contribution in [0.5, 0.6) is 17.2 Å². The van der Waals surface area contributed by atoms with Gasteiger partial charge in [-0.15, -0.1) is 0 Å². The lowest BCUT2D eigenvalue weighted by molar-refractivity contribution is -0.137. The first kappa shape index (κ1) is 27.9. The maximum atomic E-state index is 11.5. The van der Waals surface area contributed by atoms with E-state index in [2.05, 4.69) is 22.9 Å². The first-order valence-electron chi connectivity index (χ1n) is 14.0. The second kappa shape index (κ2) is 11.2. The summed E-state index contributed by atoms with van der Waals surface area (Å²) >= 11 is 0. The Morgan fingerprint density at radius 3 is 2.74 bits per heavy atom. The van der Waals surface area contributed by atoms with Gasteiger partial charge in [-0.05, 0) is 30.7 Å². The van der Waals surface area contributed by atoms with Gasteiger partial charge in [0.2, 0.25) is 0 Å². The Morgan fingerprint density at radius 1 is 1.12 bits per heavy atom. The number of fused-ring (bicyclic) bond motifs is 3. The number of para-hydroxylation sites is 2. The lowest BCUT2D eigenvalue weighted by atomic mass is 9.97. The third kappa shape index (κ3) is 5.48. The molecule has 0 aliphatic carbocycles. The van der Waals surface area contributed by atoms with Crippen LogP contribution in [-0.4, -0.2) is 60.9 Å². The number of rotatable bonds is 11. The number of nitrogens with one attached hydrogen (secondary N) is 1. The summed E-state index contributed by atoms with van der Waals surface area (Å²) in [5.41, 5.74) is 5.31. The predicted molar refractivity (Wildman–Crippen MR) is 159 cm³/mol. The Hall–Kier alpha value is -4.25. The Balaban J connectivity index is 1.27. The summed E-state index contributed by atoms with van der Waals surface area (Å²) in [6.07, 6.45) is 2.37. The molecule has 0 bridgehead atoms. The van der Waals surface area contributed by atoms with Crippen molar-refractivity contribution in [2.45, 2.75) is 38.1 Å². The van der Waals surface area contributed by atoms with Crippen LogP contribution < -0.4 is 19.5 Å². The molecule has 2 aliphatic heterocycles. The molecule has 10 nitrogen and oxygen atoms in total. The number of hydrogen-bond acceptors (Lipinski definition) is 8. The number of imidazole rings is 1. The van der Waals surface area contributed by atoms with E-state index in [1.54, 1.807) is 0 Å². The van der Waals surface area contributed by atoms with Crippen molar-refractivity contribution in [1.29, 1.82) is 0 Å². The molecular weight excluding hydrogens is 558 g/mol. The summed E-state index contributed by atoms with van der Waals surface area (Å²) in [6, 6.07) is 17.6. The van der Waals surface area contributed by atoms with E-state index < -0.39 is 15.8 Å². The zero-order chi connectivity index (χ0) is 29.4. The van der Waals surface area contributed by atoms with Gasteiger partial charge in [-0.2, -0.15) is 0 Å². The molecule has 0 amide bonds. The van der Waals surface area contributed by atoms with Gasteiger partial charge in [-0.25, -0.2) is 13.4 Å². The number of benzene rings is 3. The molecule has 220 valence electrons. The van der Waals surface area contributed by atoms with Crippen molar-refractivity contribution in [2.24, 2.45) is 0 Å². The van der Waals surface area contributed by atoms with Crippen LogP contribution in [0.1, 0.15) is 48.7 Å². The molecule has 11 heteroatoms. The highest BCUT2D eigenvalue weighted by atomic mass is 32.2. The highest BCUT2D eigenvalue weighted by Gasteiger charge is 2.30. The van der Waals surface area contributed by atoms with Crippen LogP contribution in [0.15, 0.2) is 54.6 Å². The van der Waals surface area contributed by atoms with Gasteiger partial charge in [-0.3, -0.25) is 9.36 Å². The Labute approximate surface area is 244 Å². The number of carbonyl (C=O) groups is 1. The molecule has 0 spiro atoms. The monoisotopic (exact) mass is 591 g/mol. The number of carboxylic acids is 1. The molecule has 0 radical (unpaired) electrons. The van der Waals surface area contributed by atoms with Gasteiger partial charge in [0.15, 0.2) is 0 Å².